The molecule has 0 spiro atoms. The Labute approximate surface area is 161 Å². The Balaban J connectivity index is 1.52. The lowest BCUT2D eigenvalue weighted by Crippen LogP contribution is -2.29. The fourth-order valence-electron chi connectivity index (χ4n) is 2.80. The number of nitrogens with one attached hydrogen (secondary N) is 1. The summed E-state index contributed by atoms with van der Waals surface area (Å²) in [5.41, 5.74) is 11.6. The molecule has 0 aliphatic carbocycles. The summed E-state index contributed by atoms with van der Waals surface area (Å²) in [7, 11) is 0. The molecule has 3 N–H and O–H groups in total. The van der Waals surface area contributed by atoms with Crippen molar-refractivity contribution in [1.82, 2.24) is 24.8 Å². The van der Waals surface area contributed by atoms with E-state index in [1.165, 1.54) is 0 Å². The van der Waals surface area contributed by atoms with Crippen molar-refractivity contribution < 1.29 is 4.79 Å². The number of hydrogen-bond acceptors (Lipinski definition) is 6. The zero-order valence-electron chi connectivity index (χ0n) is 14.6. The highest BCUT2D eigenvalue weighted by Gasteiger charge is 2.27. The van der Waals surface area contributed by atoms with Gasteiger partial charge in [-0.3, -0.25) is 4.79 Å². The van der Waals surface area contributed by atoms with Crippen LogP contribution in [0, 0.1) is 0 Å². The van der Waals surface area contributed by atoms with Crippen molar-refractivity contribution in [3.63, 3.8) is 0 Å². The minimum absolute atomic E-state index is 0.109. The number of nitrogens with two attached hydrogens (primary N) is 1. The molecule has 1 aromatic heterocycles. The molecule has 3 aromatic rings. The molecule has 0 bridgehead atoms. The number of hydrogen-bond donors (Lipinski definition) is 2. The molecule has 0 saturated heterocycles. The highest BCUT2D eigenvalue weighted by atomic mass is 32.2. The molecule has 1 aliphatic rings. The molecule has 1 unspecified atom stereocenters. The summed E-state index contributed by atoms with van der Waals surface area (Å²) >= 11 is 1.63. The smallest absolute Gasteiger partial charge is 0.248 e. The van der Waals surface area contributed by atoms with Gasteiger partial charge in [0.1, 0.15) is 5.69 Å². The zero-order valence-corrected chi connectivity index (χ0v) is 15.4. The van der Waals surface area contributed by atoms with Crippen molar-refractivity contribution >= 4 is 23.4 Å². The van der Waals surface area contributed by atoms with Gasteiger partial charge in [-0.05, 0) is 49.2 Å². The van der Waals surface area contributed by atoms with Crippen LogP contribution in [0.15, 0.2) is 71.9 Å². The number of amides is 1. The second-order valence-electron chi connectivity index (χ2n) is 6.10. The Morgan fingerprint density at radius 2 is 2.00 bits per heavy atom. The molecule has 4 rings (SSSR count). The third-order valence-corrected chi connectivity index (χ3v) is 5.38. The standard InChI is InChI=1S/C19H18N6OS/c1-13-17(11-21-25(13)27-16-8-3-2-4-9-16)18-12-24(23-22-18)15-7-5-6-14(10-15)19(20)26/h2-13,21H,1H3,(H2,20,26). The fourth-order valence-corrected chi connectivity index (χ4v) is 3.69. The molecule has 0 saturated carbocycles. The number of rotatable bonds is 5. The van der Waals surface area contributed by atoms with E-state index in [4.69, 9.17) is 5.73 Å². The normalized spacial score (nSPS) is 16.8. The third kappa shape index (κ3) is 3.57. The van der Waals surface area contributed by atoms with Crippen LogP contribution in [-0.2, 0) is 0 Å². The van der Waals surface area contributed by atoms with E-state index in [1.54, 1.807) is 34.8 Å². The monoisotopic (exact) mass is 378 g/mol. The number of hydrazine groups is 1. The maximum Gasteiger partial charge on any atom is 0.248 e. The molecule has 136 valence electrons. The molecule has 1 aliphatic heterocycles. The van der Waals surface area contributed by atoms with Crippen LogP contribution in [0.5, 0.6) is 0 Å². The van der Waals surface area contributed by atoms with Gasteiger partial charge in [0.25, 0.3) is 0 Å². The lowest BCUT2D eigenvalue weighted by molar-refractivity contribution is 0.1000. The zero-order chi connectivity index (χ0) is 18.8. The van der Waals surface area contributed by atoms with Crippen molar-refractivity contribution in [3.05, 3.63) is 78.3 Å². The maximum absolute atomic E-state index is 11.4. The van der Waals surface area contributed by atoms with Crippen molar-refractivity contribution in [2.24, 2.45) is 5.73 Å². The molecule has 2 aromatic carbocycles. The molecular formula is C19H18N6OS. The largest absolute Gasteiger partial charge is 0.366 e. The number of aromatic nitrogens is 3. The fraction of sp³-hybridized carbons (Fsp3) is 0.105. The quantitative estimate of drug-likeness (QED) is 0.664. The van der Waals surface area contributed by atoms with E-state index < -0.39 is 5.91 Å². The van der Waals surface area contributed by atoms with Gasteiger partial charge in [0.05, 0.1) is 17.9 Å². The van der Waals surface area contributed by atoms with Crippen LogP contribution in [-0.4, -0.2) is 31.4 Å². The van der Waals surface area contributed by atoms with E-state index in [2.05, 4.69) is 39.2 Å². The van der Waals surface area contributed by atoms with Crippen molar-refractivity contribution in [2.45, 2.75) is 17.9 Å². The lowest BCUT2D eigenvalue weighted by Gasteiger charge is -2.21. The SMILES string of the molecule is CC1C(c2cn(-c3cccc(C(N)=O)c3)nn2)=CNN1Sc1ccccc1. The van der Waals surface area contributed by atoms with Crippen LogP contribution >= 0.6 is 11.9 Å². The number of primary amides is 1. The minimum atomic E-state index is -0.470. The number of carbonyl (C=O) groups excluding carboxylic acids is 1. The van der Waals surface area contributed by atoms with Crippen molar-refractivity contribution in [1.29, 1.82) is 0 Å². The Hall–Kier alpha value is -3.10. The Morgan fingerprint density at radius 1 is 1.19 bits per heavy atom. The second-order valence-corrected chi connectivity index (χ2v) is 7.15. The second kappa shape index (κ2) is 7.26. The van der Waals surface area contributed by atoms with Gasteiger partial charge < -0.3 is 11.2 Å². The van der Waals surface area contributed by atoms with Gasteiger partial charge in [0.2, 0.25) is 5.91 Å². The van der Waals surface area contributed by atoms with E-state index in [0.29, 0.717) is 5.56 Å². The van der Waals surface area contributed by atoms with Crippen LogP contribution in [0.2, 0.25) is 0 Å². The topological polar surface area (TPSA) is 89.1 Å². The Morgan fingerprint density at radius 3 is 2.78 bits per heavy atom. The highest BCUT2D eigenvalue weighted by molar-refractivity contribution is 7.97. The maximum atomic E-state index is 11.4. The summed E-state index contributed by atoms with van der Waals surface area (Å²) in [5, 5.41) is 8.49. The van der Waals surface area contributed by atoms with E-state index in [0.717, 1.165) is 21.8 Å². The first-order valence-electron chi connectivity index (χ1n) is 8.43. The van der Waals surface area contributed by atoms with Crippen LogP contribution < -0.4 is 11.2 Å². The minimum Gasteiger partial charge on any atom is -0.366 e. The van der Waals surface area contributed by atoms with Gasteiger partial charge in [-0.15, -0.1) is 5.10 Å². The van der Waals surface area contributed by atoms with Gasteiger partial charge in [-0.2, -0.15) is 4.41 Å². The van der Waals surface area contributed by atoms with Gasteiger partial charge in [-0.1, -0.05) is 29.5 Å². The van der Waals surface area contributed by atoms with E-state index in [1.807, 2.05) is 36.7 Å². The Bertz CT molecular complexity index is 1000. The predicted molar refractivity (Wildman–Crippen MR) is 105 cm³/mol. The van der Waals surface area contributed by atoms with Crippen LogP contribution in [0.3, 0.4) is 0 Å². The number of carbonyl (C=O) groups is 1. The first kappa shape index (κ1) is 17.3. The summed E-state index contributed by atoms with van der Waals surface area (Å²) < 4.78 is 3.71. The summed E-state index contributed by atoms with van der Waals surface area (Å²) in [6.45, 7) is 2.11. The van der Waals surface area contributed by atoms with Crippen LogP contribution in [0.4, 0.5) is 0 Å². The van der Waals surface area contributed by atoms with E-state index >= 15 is 0 Å². The van der Waals surface area contributed by atoms with Crippen LogP contribution in [0.25, 0.3) is 11.3 Å². The molecule has 0 fully saturated rings. The van der Waals surface area contributed by atoms with Gasteiger partial charge >= 0.3 is 0 Å². The van der Waals surface area contributed by atoms with Crippen molar-refractivity contribution in [2.75, 3.05) is 0 Å². The summed E-state index contributed by atoms with van der Waals surface area (Å²) in [5.74, 6) is -0.470. The third-order valence-electron chi connectivity index (χ3n) is 4.28. The van der Waals surface area contributed by atoms with Gasteiger partial charge in [0, 0.05) is 22.2 Å². The number of benzene rings is 2. The van der Waals surface area contributed by atoms with Crippen molar-refractivity contribution in [3.8, 4) is 5.69 Å². The van der Waals surface area contributed by atoms with Gasteiger partial charge in [-0.25, -0.2) is 4.68 Å². The van der Waals surface area contributed by atoms with E-state index in [-0.39, 0.29) is 6.04 Å². The first-order valence-corrected chi connectivity index (χ1v) is 9.20. The Kier molecular flexibility index (Phi) is 4.66. The number of nitrogens with zero attached hydrogens (tertiary/aromatic N) is 4. The molecule has 1 atom stereocenters. The predicted octanol–water partition coefficient (Wildman–Crippen LogP) is 2.62. The van der Waals surface area contributed by atoms with E-state index in [9.17, 15) is 4.79 Å². The van der Waals surface area contributed by atoms with Gasteiger partial charge in [0.15, 0.2) is 0 Å². The highest BCUT2D eigenvalue weighted by Crippen LogP contribution is 2.32. The lowest BCUT2D eigenvalue weighted by atomic mass is 10.1. The molecule has 27 heavy (non-hydrogen) atoms. The first-order chi connectivity index (χ1) is 13.1. The summed E-state index contributed by atoms with van der Waals surface area (Å²) in [6, 6.07) is 17.3. The summed E-state index contributed by atoms with van der Waals surface area (Å²) in [6.07, 6.45) is 3.79. The average molecular weight is 378 g/mol. The molecular weight excluding hydrogens is 360 g/mol. The molecule has 7 nitrogen and oxygen atoms in total. The average Bonchev–Trinajstić information content (AvgIpc) is 3.30. The molecule has 0 radical (unpaired) electrons. The van der Waals surface area contributed by atoms with Crippen LogP contribution in [0.1, 0.15) is 23.0 Å². The molecule has 8 heteroatoms. The molecule has 2 heterocycles. The summed E-state index contributed by atoms with van der Waals surface area (Å²) in [4.78, 5) is 12.5. The molecule has 1 amide bonds.